The zero-order valence-corrected chi connectivity index (χ0v) is 15.5. The van der Waals surface area contributed by atoms with E-state index in [1.807, 2.05) is 13.8 Å². The molecule has 138 valence electrons. The molecule has 0 bridgehead atoms. The van der Waals surface area contributed by atoms with Gasteiger partial charge in [-0.3, -0.25) is 4.79 Å². The molecule has 2 saturated heterocycles. The zero-order valence-electron chi connectivity index (χ0n) is 15.5. The van der Waals surface area contributed by atoms with Crippen molar-refractivity contribution < 1.29 is 14.3 Å². The number of carbonyl (C=O) groups is 2. The number of likely N-dealkylation sites (tertiary alicyclic amines) is 1. The first-order valence-electron chi connectivity index (χ1n) is 9.36. The fourth-order valence-corrected chi connectivity index (χ4v) is 3.78. The van der Waals surface area contributed by atoms with Gasteiger partial charge in [-0.15, -0.1) is 0 Å². The van der Waals surface area contributed by atoms with Gasteiger partial charge in [0.15, 0.2) is 0 Å². The maximum absolute atomic E-state index is 12.6. The average Bonchev–Trinajstić information content (AvgIpc) is 3.02. The van der Waals surface area contributed by atoms with Gasteiger partial charge in [-0.25, -0.2) is 4.79 Å². The molecule has 3 amide bonds. The van der Waals surface area contributed by atoms with Crippen LogP contribution in [-0.4, -0.2) is 54.7 Å². The molecule has 24 heavy (non-hydrogen) atoms. The summed E-state index contributed by atoms with van der Waals surface area (Å²) in [4.78, 5) is 26.5. The van der Waals surface area contributed by atoms with E-state index in [-0.39, 0.29) is 30.1 Å². The number of ether oxygens (including phenoxy) is 1. The third-order valence-corrected chi connectivity index (χ3v) is 4.92. The fourth-order valence-electron chi connectivity index (χ4n) is 3.78. The van der Waals surface area contributed by atoms with E-state index in [9.17, 15) is 9.59 Å². The maximum atomic E-state index is 12.6. The Hall–Kier alpha value is -1.30. The maximum Gasteiger partial charge on any atom is 0.318 e. The van der Waals surface area contributed by atoms with Crippen LogP contribution in [0.25, 0.3) is 0 Å². The van der Waals surface area contributed by atoms with Gasteiger partial charge in [0.05, 0.1) is 6.10 Å². The minimum atomic E-state index is -0.342. The quantitative estimate of drug-likeness (QED) is 0.806. The summed E-state index contributed by atoms with van der Waals surface area (Å²) in [5.74, 6) is 0.786. The molecule has 0 aromatic carbocycles. The van der Waals surface area contributed by atoms with Gasteiger partial charge in [-0.05, 0) is 45.4 Å². The highest BCUT2D eigenvalue weighted by Crippen LogP contribution is 2.26. The summed E-state index contributed by atoms with van der Waals surface area (Å²) >= 11 is 0. The number of hydrogen-bond donors (Lipinski definition) is 2. The van der Waals surface area contributed by atoms with Crippen LogP contribution >= 0.6 is 0 Å². The van der Waals surface area contributed by atoms with Gasteiger partial charge in [0, 0.05) is 31.7 Å². The normalized spacial score (nSPS) is 27.6. The van der Waals surface area contributed by atoms with Crippen molar-refractivity contribution >= 4 is 11.9 Å². The smallest absolute Gasteiger partial charge is 0.318 e. The van der Waals surface area contributed by atoms with E-state index in [1.54, 1.807) is 4.90 Å². The highest BCUT2D eigenvalue weighted by molar-refractivity contribution is 5.87. The Morgan fingerprint density at radius 2 is 1.92 bits per heavy atom. The van der Waals surface area contributed by atoms with Crippen molar-refractivity contribution in [1.82, 2.24) is 15.5 Å². The van der Waals surface area contributed by atoms with Gasteiger partial charge in [0.25, 0.3) is 0 Å². The molecule has 0 saturated carbocycles. The summed E-state index contributed by atoms with van der Waals surface area (Å²) in [5.41, 5.74) is 0. The highest BCUT2D eigenvalue weighted by atomic mass is 16.5. The molecule has 6 heteroatoms. The van der Waals surface area contributed by atoms with Crippen LogP contribution in [-0.2, 0) is 9.53 Å². The lowest BCUT2D eigenvalue weighted by Gasteiger charge is -2.35. The Kier molecular flexibility index (Phi) is 6.90. The standard InChI is InChI=1S/C18H33N3O3/c1-12(2)16-14(7-6-10-24-16)11-19-17(22)15-8-5-9-21(15)18(23)20-13(3)4/h12-16H,5-11H2,1-4H3,(H,19,22)(H,20,23)/t14?,15-,16?/m0/s1. The molecule has 2 fully saturated rings. The molecule has 2 aliphatic rings. The Bertz CT molecular complexity index is 439. The van der Waals surface area contributed by atoms with Gasteiger partial charge in [-0.1, -0.05) is 13.8 Å². The summed E-state index contributed by atoms with van der Waals surface area (Å²) in [7, 11) is 0. The van der Waals surface area contributed by atoms with Crippen molar-refractivity contribution in [2.75, 3.05) is 19.7 Å². The summed E-state index contributed by atoms with van der Waals surface area (Å²) in [6, 6.07) is -0.400. The predicted molar refractivity (Wildman–Crippen MR) is 93.7 cm³/mol. The molecule has 0 aromatic heterocycles. The van der Waals surface area contributed by atoms with Gasteiger partial charge < -0.3 is 20.3 Å². The first-order chi connectivity index (χ1) is 11.4. The van der Waals surface area contributed by atoms with Gasteiger partial charge in [0.2, 0.25) is 5.91 Å². The van der Waals surface area contributed by atoms with Crippen LogP contribution in [0.15, 0.2) is 0 Å². The van der Waals surface area contributed by atoms with Crippen LogP contribution < -0.4 is 10.6 Å². The lowest BCUT2D eigenvalue weighted by molar-refractivity contribution is -0.125. The van der Waals surface area contributed by atoms with Crippen LogP contribution in [0.1, 0.15) is 53.4 Å². The van der Waals surface area contributed by atoms with Gasteiger partial charge >= 0.3 is 6.03 Å². The molecular weight excluding hydrogens is 306 g/mol. The predicted octanol–water partition coefficient (Wildman–Crippen LogP) is 2.14. The van der Waals surface area contributed by atoms with E-state index in [4.69, 9.17) is 4.74 Å². The molecular formula is C18H33N3O3. The van der Waals surface area contributed by atoms with Crippen molar-refractivity contribution in [1.29, 1.82) is 0 Å². The second kappa shape index (κ2) is 8.70. The van der Waals surface area contributed by atoms with E-state index < -0.39 is 0 Å². The van der Waals surface area contributed by atoms with Crippen LogP contribution in [0.4, 0.5) is 4.79 Å². The molecule has 0 aromatic rings. The second-order valence-corrected chi connectivity index (χ2v) is 7.68. The van der Waals surface area contributed by atoms with Crippen molar-refractivity contribution in [2.24, 2.45) is 11.8 Å². The Morgan fingerprint density at radius 1 is 1.17 bits per heavy atom. The average molecular weight is 339 g/mol. The molecule has 2 unspecified atom stereocenters. The van der Waals surface area contributed by atoms with Crippen LogP contribution in [0.3, 0.4) is 0 Å². The third-order valence-electron chi connectivity index (χ3n) is 4.92. The molecule has 2 aliphatic heterocycles. The minimum Gasteiger partial charge on any atom is -0.378 e. The lowest BCUT2D eigenvalue weighted by Crippen LogP contribution is -2.52. The zero-order chi connectivity index (χ0) is 17.7. The monoisotopic (exact) mass is 339 g/mol. The summed E-state index contributed by atoms with van der Waals surface area (Å²) in [5, 5.41) is 5.96. The summed E-state index contributed by atoms with van der Waals surface area (Å²) in [6.45, 7) is 10.3. The molecule has 2 rings (SSSR count). The van der Waals surface area contributed by atoms with E-state index in [0.717, 1.165) is 32.3 Å². The van der Waals surface area contributed by atoms with Crippen molar-refractivity contribution in [3.8, 4) is 0 Å². The second-order valence-electron chi connectivity index (χ2n) is 7.68. The van der Waals surface area contributed by atoms with Crippen molar-refractivity contribution in [3.05, 3.63) is 0 Å². The number of nitrogens with zero attached hydrogens (tertiary/aromatic N) is 1. The first-order valence-corrected chi connectivity index (χ1v) is 9.36. The SMILES string of the molecule is CC(C)NC(=O)N1CCC[C@H]1C(=O)NCC1CCCOC1C(C)C. The fraction of sp³-hybridized carbons (Fsp3) is 0.889. The number of urea groups is 1. The van der Waals surface area contributed by atoms with Crippen molar-refractivity contribution in [2.45, 2.75) is 71.6 Å². The molecule has 2 heterocycles. The minimum absolute atomic E-state index is 0.0283. The summed E-state index contributed by atoms with van der Waals surface area (Å²) in [6.07, 6.45) is 3.97. The van der Waals surface area contributed by atoms with Crippen LogP contribution in [0, 0.1) is 11.8 Å². The Morgan fingerprint density at radius 3 is 2.58 bits per heavy atom. The molecule has 2 N–H and O–H groups in total. The first kappa shape index (κ1) is 19.0. The van der Waals surface area contributed by atoms with E-state index in [1.165, 1.54) is 0 Å². The molecule has 0 spiro atoms. The number of carbonyl (C=O) groups excluding carboxylic acids is 2. The molecule has 6 nitrogen and oxygen atoms in total. The summed E-state index contributed by atoms with van der Waals surface area (Å²) < 4.78 is 5.89. The Labute approximate surface area is 145 Å². The molecule has 3 atom stereocenters. The van der Waals surface area contributed by atoms with Gasteiger partial charge in [0.1, 0.15) is 6.04 Å². The topological polar surface area (TPSA) is 70.7 Å². The van der Waals surface area contributed by atoms with E-state index in [2.05, 4.69) is 24.5 Å². The van der Waals surface area contributed by atoms with Crippen LogP contribution in [0.5, 0.6) is 0 Å². The van der Waals surface area contributed by atoms with E-state index >= 15 is 0 Å². The highest BCUT2D eigenvalue weighted by Gasteiger charge is 2.35. The lowest BCUT2D eigenvalue weighted by atomic mass is 9.87. The van der Waals surface area contributed by atoms with Crippen molar-refractivity contribution in [3.63, 3.8) is 0 Å². The third kappa shape index (κ3) is 4.85. The van der Waals surface area contributed by atoms with E-state index in [0.29, 0.717) is 24.9 Å². The number of nitrogens with one attached hydrogen (secondary N) is 2. The molecule has 0 radical (unpaired) electrons. The largest absolute Gasteiger partial charge is 0.378 e. The number of hydrogen-bond acceptors (Lipinski definition) is 3. The van der Waals surface area contributed by atoms with Crippen LogP contribution in [0.2, 0.25) is 0 Å². The Balaban J connectivity index is 1.87. The van der Waals surface area contributed by atoms with Gasteiger partial charge in [-0.2, -0.15) is 0 Å². The number of amides is 3. The number of rotatable bonds is 5. The molecule has 0 aliphatic carbocycles.